The Morgan fingerprint density at radius 2 is 1.85 bits per heavy atom. The number of nitrogens with zero attached hydrogens (tertiary/aromatic N) is 2. The Hall–Kier alpha value is -4.36. The van der Waals surface area contributed by atoms with Crippen LogP contribution in [0.15, 0.2) is 85.2 Å². The number of benzene rings is 3. The number of nitrogens with one attached hydrogen (secondary N) is 1. The minimum absolute atomic E-state index is 0.00684. The van der Waals surface area contributed by atoms with Gasteiger partial charge in [-0.3, -0.25) is 14.6 Å². The molecule has 0 fully saturated rings. The molecule has 40 heavy (non-hydrogen) atoms. The Bertz CT molecular complexity index is 1510. The van der Waals surface area contributed by atoms with Crippen molar-refractivity contribution < 1.29 is 19.1 Å². The van der Waals surface area contributed by atoms with Gasteiger partial charge in [0.15, 0.2) is 11.5 Å². The van der Waals surface area contributed by atoms with Crippen molar-refractivity contribution in [2.75, 3.05) is 17.3 Å². The molecule has 0 aliphatic carbocycles. The standard InChI is InChI=1S/C32H30ClN3O4/c1-4-20(2)40-29-18-27-23(16-28(29)39-3)17-30(37)36(31(27)21-7-11-24(33)12-8-21)26-13-9-22(10-14-26)32(38)35-25-6-5-15-34-19-25/h5-16,18-20,31H,4,17H2,1-3H3,(H,35,38)/t20-,31?/m1/s1. The van der Waals surface area contributed by atoms with Crippen molar-refractivity contribution in [3.63, 3.8) is 0 Å². The zero-order chi connectivity index (χ0) is 28.2. The molecule has 7 nitrogen and oxygen atoms in total. The van der Waals surface area contributed by atoms with Gasteiger partial charge in [0.2, 0.25) is 5.91 Å². The number of hydrogen-bond acceptors (Lipinski definition) is 5. The summed E-state index contributed by atoms with van der Waals surface area (Å²) < 4.78 is 11.8. The highest BCUT2D eigenvalue weighted by molar-refractivity contribution is 6.30. The second kappa shape index (κ2) is 11.8. The number of halogens is 1. The van der Waals surface area contributed by atoms with Crippen molar-refractivity contribution in [1.82, 2.24) is 4.98 Å². The van der Waals surface area contributed by atoms with E-state index in [0.29, 0.717) is 33.5 Å². The highest BCUT2D eigenvalue weighted by atomic mass is 35.5. The van der Waals surface area contributed by atoms with Gasteiger partial charge in [-0.15, -0.1) is 0 Å². The van der Waals surface area contributed by atoms with Gasteiger partial charge >= 0.3 is 0 Å². The lowest BCUT2D eigenvalue weighted by atomic mass is 9.86. The molecule has 0 spiro atoms. The fourth-order valence-electron chi connectivity index (χ4n) is 4.79. The lowest BCUT2D eigenvalue weighted by Crippen LogP contribution is -2.41. The first-order valence-corrected chi connectivity index (χ1v) is 13.5. The van der Waals surface area contributed by atoms with E-state index in [1.165, 1.54) is 0 Å². The van der Waals surface area contributed by atoms with Gasteiger partial charge in [-0.2, -0.15) is 0 Å². The van der Waals surface area contributed by atoms with Crippen LogP contribution in [0.25, 0.3) is 0 Å². The van der Waals surface area contributed by atoms with Gasteiger partial charge < -0.3 is 19.7 Å². The zero-order valence-corrected chi connectivity index (χ0v) is 23.3. The molecule has 2 atom stereocenters. The molecule has 204 valence electrons. The molecule has 2 amide bonds. The summed E-state index contributed by atoms with van der Waals surface area (Å²) in [6.07, 6.45) is 4.26. The Morgan fingerprint density at radius 1 is 1.10 bits per heavy atom. The van der Waals surface area contributed by atoms with Gasteiger partial charge in [0.1, 0.15) is 0 Å². The first-order chi connectivity index (χ1) is 19.4. The monoisotopic (exact) mass is 555 g/mol. The number of aromatic nitrogens is 1. The topological polar surface area (TPSA) is 80.8 Å². The maximum absolute atomic E-state index is 13.7. The predicted octanol–water partition coefficient (Wildman–Crippen LogP) is 6.85. The minimum Gasteiger partial charge on any atom is -0.493 e. The SMILES string of the molecule is CC[C@@H](C)Oc1cc2c(cc1OC)CC(=O)N(c1ccc(C(=O)Nc3cccnc3)cc1)C2c1ccc(Cl)cc1. The van der Waals surface area contributed by atoms with Crippen LogP contribution in [0, 0.1) is 0 Å². The predicted molar refractivity (Wildman–Crippen MR) is 156 cm³/mol. The summed E-state index contributed by atoms with van der Waals surface area (Å²) in [5.74, 6) is 0.895. The first-order valence-electron chi connectivity index (χ1n) is 13.1. The molecule has 1 unspecified atom stereocenters. The van der Waals surface area contributed by atoms with Crippen LogP contribution in [-0.2, 0) is 11.2 Å². The fraction of sp³-hybridized carbons (Fsp3) is 0.219. The largest absolute Gasteiger partial charge is 0.493 e. The van der Waals surface area contributed by atoms with Gasteiger partial charge in [-0.05, 0) is 90.7 Å². The molecule has 1 aliphatic heterocycles. The summed E-state index contributed by atoms with van der Waals surface area (Å²) in [5, 5.41) is 3.44. The number of ether oxygens (including phenoxy) is 2. The number of methoxy groups -OCH3 is 1. The van der Waals surface area contributed by atoms with Crippen molar-refractivity contribution in [3.8, 4) is 11.5 Å². The summed E-state index contributed by atoms with van der Waals surface area (Å²) in [6.45, 7) is 4.07. The molecule has 1 N–H and O–H groups in total. The Morgan fingerprint density at radius 3 is 2.50 bits per heavy atom. The average Bonchev–Trinajstić information content (AvgIpc) is 2.97. The number of carbonyl (C=O) groups excluding carboxylic acids is 2. The molecule has 0 saturated carbocycles. The smallest absolute Gasteiger partial charge is 0.255 e. The van der Waals surface area contributed by atoms with E-state index in [0.717, 1.165) is 23.1 Å². The van der Waals surface area contributed by atoms with Crippen molar-refractivity contribution in [1.29, 1.82) is 0 Å². The van der Waals surface area contributed by atoms with Crippen LogP contribution < -0.4 is 19.7 Å². The number of amides is 2. The van der Waals surface area contributed by atoms with Crippen molar-refractivity contribution in [3.05, 3.63) is 112 Å². The van der Waals surface area contributed by atoms with Gasteiger partial charge in [-0.1, -0.05) is 30.7 Å². The van der Waals surface area contributed by atoms with Crippen LogP contribution in [0.1, 0.15) is 53.4 Å². The van der Waals surface area contributed by atoms with E-state index < -0.39 is 6.04 Å². The van der Waals surface area contributed by atoms with Crippen LogP contribution >= 0.6 is 11.6 Å². The third-order valence-electron chi connectivity index (χ3n) is 7.00. The molecule has 0 saturated heterocycles. The number of pyridine rings is 1. The molecule has 5 rings (SSSR count). The number of carbonyl (C=O) groups is 2. The molecule has 4 aromatic rings. The molecular formula is C32H30ClN3O4. The summed E-state index contributed by atoms with van der Waals surface area (Å²) in [7, 11) is 1.60. The van der Waals surface area contributed by atoms with Crippen LogP contribution in [0.4, 0.5) is 11.4 Å². The molecule has 2 heterocycles. The maximum atomic E-state index is 13.7. The van der Waals surface area contributed by atoms with Crippen LogP contribution in [0.5, 0.6) is 11.5 Å². The van der Waals surface area contributed by atoms with Crippen LogP contribution in [0.3, 0.4) is 0 Å². The summed E-state index contributed by atoms with van der Waals surface area (Å²) in [6, 6.07) is 21.5. The van der Waals surface area contributed by atoms with E-state index in [9.17, 15) is 9.59 Å². The number of anilines is 2. The van der Waals surface area contributed by atoms with Gasteiger partial charge in [0.25, 0.3) is 5.91 Å². The number of rotatable bonds is 8. The number of hydrogen-bond donors (Lipinski definition) is 1. The molecule has 8 heteroatoms. The van der Waals surface area contributed by atoms with Gasteiger partial charge in [0, 0.05) is 22.5 Å². The maximum Gasteiger partial charge on any atom is 0.255 e. The number of fused-ring (bicyclic) bond motifs is 1. The molecule has 0 radical (unpaired) electrons. The molecule has 0 bridgehead atoms. The zero-order valence-electron chi connectivity index (χ0n) is 22.6. The molecule has 3 aromatic carbocycles. The van der Waals surface area contributed by atoms with Gasteiger partial charge in [-0.25, -0.2) is 0 Å². The van der Waals surface area contributed by atoms with Crippen molar-refractivity contribution >= 4 is 34.8 Å². The summed E-state index contributed by atoms with van der Waals surface area (Å²) in [5.41, 5.74) is 4.47. The third kappa shape index (κ3) is 5.65. The second-order valence-corrected chi connectivity index (χ2v) is 10.1. The second-order valence-electron chi connectivity index (χ2n) is 9.68. The van der Waals surface area contributed by atoms with E-state index in [-0.39, 0.29) is 24.3 Å². The highest BCUT2D eigenvalue weighted by Crippen LogP contribution is 2.44. The van der Waals surface area contributed by atoms with E-state index >= 15 is 0 Å². The molecule has 1 aromatic heterocycles. The first kappa shape index (κ1) is 27.2. The van der Waals surface area contributed by atoms with E-state index in [2.05, 4.69) is 17.2 Å². The Kier molecular flexibility index (Phi) is 8.03. The van der Waals surface area contributed by atoms with E-state index in [4.69, 9.17) is 21.1 Å². The highest BCUT2D eigenvalue weighted by Gasteiger charge is 2.36. The normalized spacial score (nSPS) is 15.2. The van der Waals surface area contributed by atoms with Gasteiger partial charge in [0.05, 0.1) is 37.6 Å². The quantitative estimate of drug-likeness (QED) is 0.257. The third-order valence-corrected chi connectivity index (χ3v) is 7.26. The lowest BCUT2D eigenvalue weighted by molar-refractivity contribution is -0.118. The summed E-state index contributed by atoms with van der Waals surface area (Å²) in [4.78, 5) is 32.3. The average molecular weight is 556 g/mol. The van der Waals surface area contributed by atoms with E-state index in [1.807, 2.05) is 43.3 Å². The molecular weight excluding hydrogens is 526 g/mol. The van der Waals surface area contributed by atoms with E-state index in [1.54, 1.807) is 60.8 Å². The molecule has 1 aliphatic rings. The van der Waals surface area contributed by atoms with Crippen LogP contribution in [0.2, 0.25) is 5.02 Å². The Labute approximate surface area is 238 Å². The summed E-state index contributed by atoms with van der Waals surface area (Å²) >= 11 is 6.22. The fourth-order valence-corrected chi connectivity index (χ4v) is 4.91. The van der Waals surface area contributed by atoms with Crippen LogP contribution in [-0.4, -0.2) is 30.0 Å². The Balaban J connectivity index is 1.55. The van der Waals surface area contributed by atoms with Crippen molar-refractivity contribution in [2.45, 2.75) is 38.8 Å². The lowest BCUT2D eigenvalue weighted by Gasteiger charge is -2.38. The minimum atomic E-state index is -0.436. The van der Waals surface area contributed by atoms with Crippen molar-refractivity contribution in [2.24, 2.45) is 0 Å².